The summed E-state index contributed by atoms with van der Waals surface area (Å²) in [6.07, 6.45) is 1.50. The molecule has 2 aromatic rings. The molecule has 7 heteroatoms. The van der Waals surface area contributed by atoms with Crippen LogP contribution in [0.3, 0.4) is 0 Å². The maximum Gasteiger partial charge on any atom is 0.271 e. The summed E-state index contributed by atoms with van der Waals surface area (Å²) >= 11 is 0. The quantitative estimate of drug-likeness (QED) is 0.504. The molecule has 0 aliphatic heterocycles. The van der Waals surface area contributed by atoms with E-state index in [4.69, 9.17) is 4.74 Å². The normalized spacial score (nSPS) is 10.5. The lowest BCUT2D eigenvalue weighted by Gasteiger charge is -2.02. The molecule has 0 aliphatic rings. The standard InChI is InChI=1S/C16H15N3O4/c1-2-23-15-9-3-12(4-10-15)11-17-18-16(20)13-5-7-14(8-6-13)19(21)22/h3-11H,2H2,1H3,(H,18,20)/b17-11-. The monoisotopic (exact) mass is 313 g/mol. The highest BCUT2D eigenvalue weighted by Gasteiger charge is 2.08. The van der Waals surface area contributed by atoms with Crippen molar-refractivity contribution in [1.29, 1.82) is 0 Å². The molecule has 0 fully saturated rings. The lowest BCUT2D eigenvalue weighted by atomic mass is 10.2. The highest BCUT2D eigenvalue weighted by atomic mass is 16.6. The number of hydrogen-bond donors (Lipinski definition) is 1. The van der Waals surface area contributed by atoms with Crippen LogP contribution in [0.15, 0.2) is 53.6 Å². The Morgan fingerprint density at radius 2 is 1.87 bits per heavy atom. The van der Waals surface area contributed by atoms with Gasteiger partial charge in [0.05, 0.1) is 17.7 Å². The Morgan fingerprint density at radius 1 is 1.22 bits per heavy atom. The van der Waals surface area contributed by atoms with Crippen molar-refractivity contribution < 1.29 is 14.5 Å². The molecule has 1 amide bonds. The van der Waals surface area contributed by atoms with Crippen LogP contribution in [0.5, 0.6) is 5.75 Å². The van der Waals surface area contributed by atoms with Gasteiger partial charge < -0.3 is 4.74 Å². The molecule has 2 aromatic carbocycles. The first kappa shape index (κ1) is 16.2. The number of nitro groups is 1. The Morgan fingerprint density at radius 3 is 2.43 bits per heavy atom. The van der Waals surface area contributed by atoms with Gasteiger partial charge in [0.15, 0.2) is 0 Å². The van der Waals surface area contributed by atoms with Gasteiger partial charge in [0.25, 0.3) is 11.6 Å². The van der Waals surface area contributed by atoms with Crippen LogP contribution in [0.2, 0.25) is 0 Å². The molecule has 0 heterocycles. The van der Waals surface area contributed by atoms with Gasteiger partial charge in [-0.1, -0.05) is 0 Å². The van der Waals surface area contributed by atoms with Gasteiger partial charge in [-0.2, -0.15) is 5.10 Å². The van der Waals surface area contributed by atoms with E-state index in [9.17, 15) is 14.9 Å². The Labute approximate surface area is 132 Å². The number of benzene rings is 2. The molecule has 7 nitrogen and oxygen atoms in total. The van der Waals surface area contributed by atoms with Gasteiger partial charge in [-0.05, 0) is 48.9 Å². The zero-order valence-corrected chi connectivity index (χ0v) is 12.4. The topological polar surface area (TPSA) is 93.8 Å². The predicted octanol–water partition coefficient (Wildman–Crippen LogP) is 2.76. The molecule has 0 unspecified atom stereocenters. The van der Waals surface area contributed by atoms with E-state index in [2.05, 4.69) is 10.5 Å². The summed E-state index contributed by atoms with van der Waals surface area (Å²) in [5, 5.41) is 14.4. The summed E-state index contributed by atoms with van der Waals surface area (Å²) in [4.78, 5) is 21.9. The maximum absolute atomic E-state index is 11.8. The zero-order valence-electron chi connectivity index (χ0n) is 12.4. The number of hydrogen-bond acceptors (Lipinski definition) is 5. The average molecular weight is 313 g/mol. The van der Waals surface area contributed by atoms with Crippen molar-refractivity contribution >= 4 is 17.8 Å². The third kappa shape index (κ3) is 4.63. The van der Waals surface area contributed by atoms with Crippen molar-refractivity contribution in [2.75, 3.05) is 6.61 Å². The number of nitro benzene ring substituents is 1. The SMILES string of the molecule is CCOc1ccc(/C=N\NC(=O)c2ccc([N+](=O)[O-])cc2)cc1. The van der Waals surface area contributed by atoms with Crippen molar-refractivity contribution in [2.45, 2.75) is 6.92 Å². The largest absolute Gasteiger partial charge is 0.494 e. The number of carbonyl (C=O) groups is 1. The number of non-ortho nitro benzene ring substituents is 1. The molecule has 23 heavy (non-hydrogen) atoms. The van der Waals surface area contributed by atoms with Crippen molar-refractivity contribution in [2.24, 2.45) is 5.10 Å². The molecule has 0 bridgehead atoms. The molecule has 0 spiro atoms. The van der Waals surface area contributed by atoms with E-state index >= 15 is 0 Å². The summed E-state index contributed by atoms with van der Waals surface area (Å²) < 4.78 is 5.33. The first-order chi connectivity index (χ1) is 11.1. The summed E-state index contributed by atoms with van der Waals surface area (Å²) in [6, 6.07) is 12.5. The number of carbonyl (C=O) groups excluding carboxylic acids is 1. The van der Waals surface area contributed by atoms with Crippen molar-refractivity contribution in [3.05, 3.63) is 69.8 Å². The molecule has 0 aliphatic carbocycles. The molecular weight excluding hydrogens is 298 g/mol. The van der Waals surface area contributed by atoms with Gasteiger partial charge in [0.1, 0.15) is 5.75 Å². The van der Waals surface area contributed by atoms with Gasteiger partial charge >= 0.3 is 0 Å². The Bertz CT molecular complexity index is 709. The van der Waals surface area contributed by atoms with E-state index in [1.807, 2.05) is 31.2 Å². The molecule has 0 aromatic heterocycles. The third-order valence-corrected chi connectivity index (χ3v) is 2.91. The van der Waals surface area contributed by atoms with E-state index in [0.717, 1.165) is 11.3 Å². The first-order valence-corrected chi connectivity index (χ1v) is 6.91. The minimum Gasteiger partial charge on any atom is -0.494 e. The predicted molar refractivity (Wildman–Crippen MR) is 85.8 cm³/mol. The number of nitrogens with zero attached hydrogens (tertiary/aromatic N) is 2. The average Bonchev–Trinajstić information content (AvgIpc) is 2.56. The van der Waals surface area contributed by atoms with Crippen molar-refractivity contribution in [3.63, 3.8) is 0 Å². The number of ether oxygens (including phenoxy) is 1. The molecule has 0 saturated heterocycles. The minimum atomic E-state index is -0.522. The second-order valence-corrected chi connectivity index (χ2v) is 4.51. The molecule has 0 saturated carbocycles. The van der Waals surface area contributed by atoms with Crippen LogP contribution in [0, 0.1) is 10.1 Å². The summed E-state index contributed by atoms with van der Waals surface area (Å²) in [6.45, 7) is 2.50. The van der Waals surface area contributed by atoms with E-state index < -0.39 is 10.8 Å². The first-order valence-electron chi connectivity index (χ1n) is 6.91. The molecular formula is C16H15N3O4. The van der Waals surface area contributed by atoms with Gasteiger partial charge in [-0.15, -0.1) is 0 Å². The van der Waals surface area contributed by atoms with Crippen LogP contribution in [0.4, 0.5) is 5.69 Å². The van der Waals surface area contributed by atoms with Gasteiger partial charge in [-0.25, -0.2) is 5.43 Å². The lowest BCUT2D eigenvalue weighted by Crippen LogP contribution is -2.17. The Balaban J connectivity index is 1.93. The minimum absolute atomic E-state index is 0.0700. The van der Waals surface area contributed by atoms with E-state index in [1.54, 1.807) is 0 Å². The second kappa shape index (κ2) is 7.69. The summed E-state index contributed by atoms with van der Waals surface area (Å²) in [5.41, 5.74) is 3.39. The molecule has 1 N–H and O–H groups in total. The van der Waals surface area contributed by atoms with Crippen LogP contribution in [-0.4, -0.2) is 23.7 Å². The molecule has 118 valence electrons. The summed E-state index contributed by atoms with van der Waals surface area (Å²) in [7, 11) is 0. The van der Waals surface area contributed by atoms with Crippen LogP contribution >= 0.6 is 0 Å². The Kier molecular flexibility index (Phi) is 5.40. The summed E-state index contributed by atoms with van der Waals surface area (Å²) in [5.74, 6) is 0.321. The van der Waals surface area contributed by atoms with E-state index in [1.165, 1.54) is 30.5 Å². The molecule has 0 atom stereocenters. The lowest BCUT2D eigenvalue weighted by molar-refractivity contribution is -0.384. The van der Waals surface area contributed by atoms with Gasteiger partial charge in [0.2, 0.25) is 0 Å². The maximum atomic E-state index is 11.8. The zero-order chi connectivity index (χ0) is 16.7. The number of amides is 1. The smallest absolute Gasteiger partial charge is 0.271 e. The van der Waals surface area contributed by atoms with Crippen molar-refractivity contribution in [3.8, 4) is 5.75 Å². The highest BCUT2D eigenvalue weighted by Crippen LogP contribution is 2.12. The third-order valence-electron chi connectivity index (χ3n) is 2.91. The number of hydrazone groups is 1. The second-order valence-electron chi connectivity index (χ2n) is 4.51. The number of rotatable bonds is 6. The van der Waals surface area contributed by atoms with Crippen LogP contribution < -0.4 is 10.2 Å². The molecule has 2 rings (SSSR count). The van der Waals surface area contributed by atoms with Gasteiger partial charge in [0, 0.05) is 17.7 Å². The van der Waals surface area contributed by atoms with Crippen LogP contribution in [0.25, 0.3) is 0 Å². The number of nitrogens with one attached hydrogen (secondary N) is 1. The van der Waals surface area contributed by atoms with Gasteiger partial charge in [-0.3, -0.25) is 14.9 Å². The Hall–Kier alpha value is -3.22. The fourth-order valence-corrected chi connectivity index (χ4v) is 1.78. The molecule has 0 radical (unpaired) electrons. The fraction of sp³-hybridized carbons (Fsp3) is 0.125. The van der Waals surface area contributed by atoms with Crippen molar-refractivity contribution in [1.82, 2.24) is 5.43 Å². The highest BCUT2D eigenvalue weighted by molar-refractivity contribution is 5.95. The van der Waals surface area contributed by atoms with E-state index in [-0.39, 0.29) is 5.69 Å². The van der Waals surface area contributed by atoms with E-state index in [0.29, 0.717) is 12.2 Å². The fourth-order valence-electron chi connectivity index (χ4n) is 1.78. The van der Waals surface area contributed by atoms with Crippen LogP contribution in [-0.2, 0) is 0 Å². The van der Waals surface area contributed by atoms with Crippen LogP contribution in [0.1, 0.15) is 22.8 Å².